The topological polar surface area (TPSA) is 105 Å². The first-order chi connectivity index (χ1) is 7.58. The lowest BCUT2D eigenvalue weighted by atomic mass is 10.1. The zero-order valence-corrected chi connectivity index (χ0v) is 8.64. The molecule has 6 heteroatoms. The van der Waals surface area contributed by atoms with Crippen molar-refractivity contribution in [3.8, 4) is 0 Å². The van der Waals surface area contributed by atoms with Gasteiger partial charge in [0.2, 0.25) is 5.91 Å². The van der Waals surface area contributed by atoms with Crippen LogP contribution < -0.4 is 11.1 Å². The minimum absolute atomic E-state index is 0.282. The molecule has 1 heterocycles. The fourth-order valence-electron chi connectivity index (χ4n) is 1.27. The molecule has 0 aliphatic rings. The van der Waals surface area contributed by atoms with E-state index in [2.05, 4.69) is 10.3 Å². The van der Waals surface area contributed by atoms with Crippen LogP contribution in [0.1, 0.15) is 18.4 Å². The monoisotopic (exact) mass is 223 g/mol. The zero-order chi connectivity index (χ0) is 12.0. The third-order valence-corrected chi connectivity index (χ3v) is 1.95. The van der Waals surface area contributed by atoms with Gasteiger partial charge >= 0.3 is 6.09 Å². The highest BCUT2D eigenvalue weighted by Gasteiger charge is 2.01. The van der Waals surface area contributed by atoms with Gasteiger partial charge in [-0.1, -0.05) is 0 Å². The number of carboxylic acid groups (broad SMARTS) is 1. The molecule has 0 fully saturated rings. The van der Waals surface area contributed by atoms with Crippen molar-refractivity contribution in [2.75, 3.05) is 5.32 Å². The molecular formula is C10H13N3O3. The molecule has 0 radical (unpaired) electrons. The molecule has 0 atom stereocenters. The predicted octanol–water partition coefficient (Wildman–Crippen LogP) is 0.979. The van der Waals surface area contributed by atoms with Crippen LogP contribution in [0.5, 0.6) is 0 Å². The van der Waals surface area contributed by atoms with Gasteiger partial charge in [0.05, 0.1) is 0 Å². The number of nitrogens with zero attached hydrogens (tertiary/aromatic N) is 1. The molecule has 0 bridgehead atoms. The summed E-state index contributed by atoms with van der Waals surface area (Å²) in [7, 11) is 0. The average molecular weight is 223 g/mol. The highest BCUT2D eigenvalue weighted by atomic mass is 16.4. The Bertz CT molecular complexity index is 393. The maximum atomic E-state index is 10.5. The fraction of sp³-hybridized carbons (Fsp3) is 0.300. The van der Waals surface area contributed by atoms with Crippen LogP contribution in [0.4, 0.5) is 10.6 Å². The van der Waals surface area contributed by atoms with Gasteiger partial charge in [0.25, 0.3) is 0 Å². The van der Waals surface area contributed by atoms with Crippen molar-refractivity contribution >= 4 is 17.8 Å². The summed E-state index contributed by atoms with van der Waals surface area (Å²) in [5.41, 5.74) is 5.93. The largest absolute Gasteiger partial charge is 0.465 e. The van der Waals surface area contributed by atoms with E-state index in [9.17, 15) is 9.59 Å². The van der Waals surface area contributed by atoms with Crippen LogP contribution in [-0.4, -0.2) is 22.1 Å². The molecule has 4 N–H and O–H groups in total. The maximum Gasteiger partial charge on any atom is 0.410 e. The van der Waals surface area contributed by atoms with Gasteiger partial charge in [-0.3, -0.25) is 10.1 Å². The van der Waals surface area contributed by atoms with Crippen molar-refractivity contribution in [1.29, 1.82) is 0 Å². The van der Waals surface area contributed by atoms with Gasteiger partial charge in [-0.15, -0.1) is 0 Å². The summed E-state index contributed by atoms with van der Waals surface area (Å²) in [6.07, 6.45) is 2.00. The first kappa shape index (κ1) is 12.0. The van der Waals surface area contributed by atoms with Crippen molar-refractivity contribution in [1.82, 2.24) is 4.98 Å². The number of pyridine rings is 1. The Hall–Kier alpha value is -2.11. The molecular weight excluding hydrogens is 210 g/mol. The van der Waals surface area contributed by atoms with Crippen LogP contribution in [0.2, 0.25) is 0 Å². The molecule has 0 unspecified atom stereocenters. The molecule has 0 aliphatic carbocycles. The van der Waals surface area contributed by atoms with Gasteiger partial charge in [-0.2, -0.15) is 0 Å². The predicted molar refractivity (Wildman–Crippen MR) is 58.0 cm³/mol. The van der Waals surface area contributed by atoms with Crippen molar-refractivity contribution in [3.05, 3.63) is 23.9 Å². The second kappa shape index (κ2) is 5.69. The summed E-state index contributed by atoms with van der Waals surface area (Å²) in [4.78, 5) is 24.7. The molecule has 86 valence electrons. The minimum Gasteiger partial charge on any atom is -0.465 e. The Morgan fingerprint density at radius 2 is 2.25 bits per heavy atom. The second-order valence-corrected chi connectivity index (χ2v) is 3.30. The lowest BCUT2D eigenvalue weighted by Gasteiger charge is -2.03. The number of nitrogens with two attached hydrogens (primary N) is 1. The summed E-state index contributed by atoms with van der Waals surface area (Å²) in [5, 5.41) is 10.7. The van der Waals surface area contributed by atoms with E-state index in [1.54, 1.807) is 12.1 Å². The summed E-state index contributed by atoms with van der Waals surface area (Å²) in [5.74, 6) is -0.0537. The highest BCUT2D eigenvalue weighted by molar-refractivity contribution is 5.81. The number of carbonyl (C=O) groups is 2. The fourth-order valence-corrected chi connectivity index (χ4v) is 1.27. The summed E-state index contributed by atoms with van der Waals surface area (Å²) < 4.78 is 0. The normalized spacial score (nSPS) is 9.75. The number of amides is 2. The van der Waals surface area contributed by atoms with Gasteiger partial charge in [0.1, 0.15) is 5.82 Å². The number of rotatable bonds is 5. The number of hydrogen-bond donors (Lipinski definition) is 3. The van der Waals surface area contributed by atoms with Crippen molar-refractivity contribution < 1.29 is 14.7 Å². The van der Waals surface area contributed by atoms with Crippen molar-refractivity contribution in [2.24, 2.45) is 5.73 Å². The number of carbonyl (C=O) groups excluding carboxylic acids is 1. The van der Waals surface area contributed by atoms with Crippen LogP contribution in [0.15, 0.2) is 18.3 Å². The van der Waals surface area contributed by atoms with Crippen LogP contribution in [0.25, 0.3) is 0 Å². The number of primary amides is 1. The molecule has 0 saturated carbocycles. The summed E-state index contributed by atoms with van der Waals surface area (Å²) >= 11 is 0. The Balaban J connectivity index is 2.53. The van der Waals surface area contributed by atoms with E-state index in [1.807, 2.05) is 0 Å². The molecule has 1 aromatic rings. The number of anilines is 1. The molecule has 1 aromatic heterocycles. The standard InChI is InChI=1S/C10H13N3O3/c11-8(14)3-1-2-7-4-5-12-9(6-7)13-10(15)16/h4-6H,1-3H2,(H2,11,14)(H,12,13)(H,15,16). The molecule has 1 rings (SSSR count). The van der Waals surface area contributed by atoms with Gasteiger partial charge < -0.3 is 10.8 Å². The lowest BCUT2D eigenvalue weighted by Crippen LogP contribution is -2.10. The molecule has 0 aromatic carbocycles. The van der Waals surface area contributed by atoms with Gasteiger partial charge in [0, 0.05) is 12.6 Å². The van der Waals surface area contributed by atoms with E-state index in [0.717, 1.165) is 5.56 Å². The van der Waals surface area contributed by atoms with Crippen LogP contribution in [0.3, 0.4) is 0 Å². The van der Waals surface area contributed by atoms with E-state index in [1.165, 1.54) is 6.20 Å². The van der Waals surface area contributed by atoms with Gasteiger partial charge in [-0.25, -0.2) is 9.78 Å². The Kier molecular flexibility index (Phi) is 4.26. The maximum absolute atomic E-state index is 10.5. The second-order valence-electron chi connectivity index (χ2n) is 3.30. The Morgan fingerprint density at radius 1 is 1.50 bits per heavy atom. The quantitative estimate of drug-likeness (QED) is 0.691. The Labute approximate surface area is 92.5 Å². The third-order valence-electron chi connectivity index (χ3n) is 1.95. The van der Waals surface area contributed by atoms with Gasteiger partial charge in [0.15, 0.2) is 0 Å². The van der Waals surface area contributed by atoms with Crippen molar-refractivity contribution in [3.63, 3.8) is 0 Å². The summed E-state index contributed by atoms with van der Waals surface area (Å²) in [6, 6.07) is 3.41. The average Bonchev–Trinajstić information content (AvgIpc) is 2.16. The van der Waals surface area contributed by atoms with E-state index in [-0.39, 0.29) is 11.7 Å². The molecule has 2 amide bonds. The number of nitrogens with one attached hydrogen (secondary N) is 1. The molecule has 0 spiro atoms. The number of aryl methyl sites for hydroxylation is 1. The van der Waals surface area contributed by atoms with Crippen LogP contribution in [-0.2, 0) is 11.2 Å². The molecule has 6 nitrogen and oxygen atoms in total. The third kappa shape index (κ3) is 4.41. The molecule has 0 saturated heterocycles. The molecule has 16 heavy (non-hydrogen) atoms. The highest BCUT2D eigenvalue weighted by Crippen LogP contribution is 2.09. The first-order valence-corrected chi connectivity index (χ1v) is 4.81. The van der Waals surface area contributed by atoms with E-state index in [4.69, 9.17) is 10.8 Å². The minimum atomic E-state index is -1.15. The van der Waals surface area contributed by atoms with Gasteiger partial charge in [-0.05, 0) is 30.5 Å². The van der Waals surface area contributed by atoms with E-state index >= 15 is 0 Å². The SMILES string of the molecule is NC(=O)CCCc1ccnc(NC(=O)O)c1. The summed E-state index contributed by atoms with van der Waals surface area (Å²) in [6.45, 7) is 0. The number of hydrogen-bond acceptors (Lipinski definition) is 3. The van der Waals surface area contributed by atoms with Crippen LogP contribution >= 0.6 is 0 Å². The van der Waals surface area contributed by atoms with E-state index in [0.29, 0.717) is 19.3 Å². The van der Waals surface area contributed by atoms with E-state index < -0.39 is 6.09 Å². The number of aromatic nitrogens is 1. The smallest absolute Gasteiger partial charge is 0.410 e. The molecule has 0 aliphatic heterocycles. The Morgan fingerprint density at radius 3 is 2.88 bits per heavy atom. The van der Waals surface area contributed by atoms with Crippen molar-refractivity contribution in [2.45, 2.75) is 19.3 Å². The zero-order valence-electron chi connectivity index (χ0n) is 8.64. The first-order valence-electron chi connectivity index (χ1n) is 4.81. The lowest BCUT2D eigenvalue weighted by molar-refractivity contribution is -0.118. The van der Waals surface area contributed by atoms with Crippen LogP contribution in [0, 0.1) is 0 Å².